The molecule has 0 saturated carbocycles. The van der Waals surface area contributed by atoms with Crippen LogP contribution in [0.2, 0.25) is 0 Å². The van der Waals surface area contributed by atoms with Crippen LogP contribution in [-0.4, -0.2) is 17.9 Å². The Morgan fingerprint density at radius 1 is 1.29 bits per heavy atom. The molecule has 1 amide bonds. The molecule has 2 nitrogen and oxygen atoms in total. The molecule has 0 aliphatic carbocycles. The molecule has 1 aromatic carbocycles. The number of nitrogens with zero attached hydrogens (tertiary/aromatic N) is 1. The summed E-state index contributed by atoms with van der Waals surface area (Å²) >= 11 is 3.50. The van der Waals surface area contributed by atoms with Gasteiger partial charge in [0.2, 0.25) is 5.91 Å². The largest absolute Gasteiger partial charge is 0.341 e. The average molecular weight is 298 g/mol. The highest BCUT2D eigenvalue weighted by Gasteiger charge is 2.19. The van der Waals surface area contributed by atoms with Crippen LogP contribution in [0.5, 0.6) is 0 Å². The maximum Gasteiger partial charge on any atom is 0.223 e. The van der Waals surface area contributed by atoms with Crippen LogP contribution in [-0.2, 0) is 11.3 Å². The van der Waals surface area contributed by atoms with Crippen LogP contribution in [0.15, 0.2) is 28.7 Å². The van der Waals surface area contributed by atoms with E-state index >= 15 is 0 Å². The molecule has 94 valence electrons. The maximum atomic E-state index is 12.0. The first kappa shape index (κ1) is 14.2. The summed E-state index contributed by atoms with van der Waals surface area (Å²) in [6.45, 7) is 6.89. The number of amides is 1. The molecule has 17 heavy (non-hydrogen) atoms. The lowest BCUT2D eigenvalue weighted by atomic mass is 9.91. The highest BCUT2D eigenvalue weighted by atomic mass is 79.9. The van der Waals surface area contributed by atoms with E-state index in [9.17, 15) is 4.79 Å². The van der Waals surface area contributed by atoms with Crippen molar-refractivity contribution in [1.82, 2.24) is 4.90 Å². The molecule has 0 atom stereocenters. The molecule has 0 saturated heterocycles. The molecule has 0 bridgehead atoms. The van der Waals surface area contributed by atoms with Crippen molar-refractivity contribution in [3.8, 4) is 0 Å². The van der Waals surface area contributed by atoms with Crippen LogP contribution in [0.25, 0.3) is 0 Å². The minimum absolute atomic E-state index is 0.0409. The van der Waals surface area contributed by atoms with Crippen molar-refractivity contribution in [2.75, 3.05) is 7.05 Å². The van der Waals surface area contributed by atoms with Crippen LogP contribution in [0.3, 0.4) is 0 Å². The summed E-state index contributed by atoms with van der Waals surface area (Å²) in [5.74, 6) is 0.188. The third kappa shape index (κ3) is 4.90. The molecule has 0 aromatic heterocycles. The predicted octanol–water partition coefficient (Wildman–Crippen LogP) is 3.84. The molecule has 0 N–H and O–H groups in total. The Bertz CT molecular complexity index is 395. The fourth-order valence-corrected chi connectivity index (χ4v) is 1.97. The SMILES string of the molecule is CN(Cc1ccccc1Br)C(=O)CC(C)(C)C. The number of carbonyl (C=O) groups excluding carboxylic acids is 1. The molecule has 0 unspecified atom stereocenters. The van der Waals surface area contributed by atoms with E-state index in [2.05, 4.69) is 36.7 Å². The average Bonchev–Trinajstić information content (AvgIpc) is 2.18. The first-order chi connectivity index (χ1) is 7.79. The topological polar surface area (TPSA) is 20.3 Å². The van der Waals surface area contributed by atoms with Gasteiger partial charge in [-0.3, -0.25) is 4.79 Å². The Morgan fingerprint density at radius 3 is 2.41 bits per heavy atom. The van der Waals surface area contributed by atoms with Crippen molar-refractivity contribution >= 4 is 21.8 Å². The second kappa shape index (κ2) is 5.67. The van der Waals surface area contributed by atoms with E-state index in [0.717, 1.165) is 10.0 Å². The Labute approximate surface area is 112 Å². The quantitative estimate of drug-likeness (QED) is 0.830. The molecule has 0 aliphatic rings. The predicted molar refractivity (Wildman–Crippen MR) is 74.7 cm³/mol. The second-order valence-electron chi connectivity index (χ2n) is 5.58. The Balaban J connectivity index is 2.64. The van der Waals surface area contributed by atoms with E-state index in [0.29, 0.717) is 13.0 Å². The van der Waals surface area contributed by atoms with Crippen molar-refractivity contribution in [3.05, 3.63) is 34.3 Å². The molecule has 1 aromatic rings. The molecule has 0 fully saturated rings. The van der Waals surface area contributed by atoms with E-state index in [1.807, 2.05) is 31.3 Å². The normalized spacial score (nSPS) is 11.4. The van der Waals surface area contributed by atoms with Crippen LogP contribution in [0.1, 0.15) is 32.8 Å². The fourth-order valence-electron chi connectivity index (χ4n) is 1.56. The first-order valence-electron chi connectivity index (χ1n) is 5.77. The molecular formula is C14H20BrNO. The van der Waals surface area contributed by atoms with Gasteiger partial charge in [-0.1, -0.05) is 54.9 Å². The summed E-state index contributed by atoms with van der Waals surface area (Å²) in [4.78, 5) is 13.8. The van der Waals surface area contributed by atoms with Gasteiger partial charge in [-0.2, -0.15) is 0 Å². The molecule has 0 heterocycles. The fraction of sp³-hybridized carbons (Fsp3) is 0.500. The zero-order chi connectivity index (χ0) is 13.1. The second-order valence-corrected chi connectivity index (χ2v) is 6.43. The van der Waals surface area contributed by atoms with Crippen molar-refractivity contribution in [3.63, 3.8) is 0 Å². The van der Waals surface area contributed by atoms with E-state index < -0.39 is 0 Å². The van der Waals surface area contributed by atoms with Gasteiger partial charge >= 0.3 is 0 Å². The summed E-state index contributed by atoms with van der Waals surface area (Å²) in [5.41, 5.74) is 1.18. The standard InChI is InChI=1S/C14H20BrNO/c1-14(2,3)9-13(17)16(4)10-11-7-5-6-8-12(11)15/h5-8H,9-10H2,1-4H3. The van der Waals surface area contributed by atoms with Gasteiger partial charge in [0, 0.05) is 24.5 Å². The van der Waals surface area contributed by atoms with Crippen LogP contribution < -0.4 is 0 Å². The van der Waals surface area contributed by atoms with Gasteiger partial charge in [0.15, 0.2) is 0 Å². The minimum Gasteiger partial charge on any atom is -0.341 e. The molecule has 0 radical (unpaired) electrons. The highest BCUT2D eigenvalue weighted by Crippen LogP contribution is 2.21. The maximum absolute atomic E-state index is 12.0. The van der Waals surface area contributed by atoms with Gasteiger partial charge in [-0.25, -0.2) is 0 Å². The molecule has 0 spiro atoms. The highest BCUT2D eigenvalue weighted by molar-refractivity contribution is 9.10. The summed E-state index contributed by atoms with van der Waals surface area (Å²) in [6.07, 6.45) is 0.577. The van der Waals surface area contributed by atoms with Crippen LogP contribution in [0, 0.1) is 5.41 Å². The molecule has 0 aliphatic heterocycles. The van der Waals surface area contributed by atoms with E-state index in [1.165, 1.54) is 0 Å². The van der Waals surface area contributed by atoms with Crippen molar-refractivity contribution in [2.45, 2.75) is 33.7 Å². The number of hydrogen-bond acceptors (Lipinski definition) is 1. The Hall–Kier alpha value is -0.830. The summed E-state index contributed by atoms with van der Waals surface area (Å²) in [7, 11) is 1.85. The Morgan fingerprint density at radius 2 is 1.88 bits per heavy atom. The van der Waals surface area contributed by atoms with Gasteiger partial charge in [0.1, 0.15) is 0 Å². The van der Waals surface area contributed by atoms with Crippen LogP contribution in [0.4, 0.5) is 0 Å². The first-order valence-corrected chi connectivity index (χ1v) is 6.56. The monoisotopic (exact) mass is 297 g/mol. The lowest BCUT2D eigenvalue weighted by molar-refractivity contribution is -0.132. The van der Waals surface area contributed by atoms with E-state index in [-0.39, 0.29) is 11.3 Å². The number of hydrogen-bond donors (Lipinski definition) is 0. The van der Waals surface area contributed by atoms with Gasteiger partial charge in [0.05, 0.1) is 0 Å². The third-order valence-corrected chi connectivity index (χ3v) is 3.25. The zero-order valence-corrected chi connectivity index (χ0v) is 12.5. The van der Waals surface area contributed by atoms with Crippen molar-refractivity contribution < 1.29 is 4.79 Å². The number of benzene rings is 1. The lowest BCUT2D eigenvalue weighted by Gasteiger charge is -2.23. The summed E-state index contributed by atoms with van der Waals surface area (Å²) in [6, 6.07) is 8.00. The van der Waals surface area contributed by atoms with Crippen LogP contribution >= 0.6 is 15.9 Å². The third-order valence-electron chi connectivity index (χ3n) is 2.47. The molecular weight excluding hydrogens is 278 g/mol. The summed E-state index contributed by atoms with van der Waals surface area (Å²) < 4.78 is 1.05. The number of carbonyl (C=O) groups is 1. The summed E-state index contributed by atoms with van der Waals surface area (Å²) in [5, 5.41) is 0. The zero-order valence-electron chi connectivity index (χ0n) is 11.0. The van der Waals surface area contributed by atoms with Gasteiger partial charge in [-0.15, -0.1) is 0 Å². The number of halogens is 1. The van der Waals surface area contributed by atoms with Crippen molar-refractivity contribution in [2.24, 2.45) is 5.41 Å². The van der Waals surface area contributed by atoms with E-state index in [1.54, 1.807) is 4.90 Å². The Kier molecular flexibility index (Phi) is 4.75. The van der Waals surface area contributed by atoms with Crippen molar-refractivity contribution in [1.29, 1.82) is 0 Å². The van der Waals surface area contributed by atoms with E-state index in [4.69, 9.17) is 0 Å². The van der Waals surface area contributed by atoms with Gasteiger partial charge in [-0.05, 0) is 17.0 Å². The molecule has 1 rings (SSSR count). The smallest absolute Gasteiger partial charge is 0.223 e. The molecule has 3 heteroatoms. The lowest BCUT2D eigenvalue weighted by Crippen LogP contribution is -2.29. The minimum atomic E-state index is 0.0409. The number of rotatable bonds is 3. The van der Waals surface area contributed by atoms with Gasteiger partial charge < -0.3 is 4.90 Å². The van der Waals surface area contributed by atoms with Gasteiger partial charge in [0.25, 0.3) is 0 Å².